The van der Waals surface area contributed by atoms with Crippen LogP contribution in [0, 0.1) is 0 Å². The van der Waals surface area contributed by atoms with Crippen LogP contribution in [0.15, 0.2) is 10.9 Å². The highest BCUT2D eigenvalue weighted by Crippen LogP contribution is 2.36. The van der Waals surface area contributed by atoms with Crippen LogP contribution in [-0.4, -0.2) is 13.3 Å². The molecule has 0 saturated heterocycles. The third-order valence-electron chi connectivity index (χ3n) is 4.02. The van der Waals surface area contributed by atoms with Gasteiger partial charge in [0.25, 0.3) is 0 Å². The van der Waals surface area contributed by atoms with Gasteiger partial charge in [0, 0.05) is 5.38 Å². The third kappa shape index (κ3) is 3.17. The Hall–Kier alpha value is -0.193. The van der Waals surface area contributed by atoms with Gasteiger partial charge >= 0.3 is 0 Å². The Balaban J connectivity index is 2.95. The van der Waals surface area contributed by atoms with E-state index in [1.807, 2.05) is 5.51 Å². The van der Waals surface area contributed by atoms with Gasteiger partial charge in [-0.2, -0.15) is 0 Å². The molecule has 4 heteroatoms. The van der Waals surface area contributed by atoms with E-state index in [2.05, 4.69) is 45.0 Å². The van der Waals surface area contributed by atoms with Crippen molar-refractivity contribution in [3.63, 3.8) is 0 Å². The summed E-state index contributed by atoms with van der Waals surface area (Å²) in [6.45, 7) is 11.2. The van der Waals surface area contributed by atoms with Gasteiger partial charge in [-0.1, -0.05) is 27.7 Å². The van der Waals surface area contributed by atoms with Crippen LogP contribution in [0.25, 0.3) is 0 Å². The van der Waals surface area contributed by atoms with Crippen molar-refractivity contribution in [3.8, 4) is 0 Å². The summed E-state index contributed by atoms with van der Waals surface area (Å²) in [7, 11) is -1.57. The Morgan fingerprint density at radius 2 is 1.82 bits per heavy atom. The molecule has 1 rings (SSSR count). The normalized spacial score (nSPS) is 15.8. The SMILES string of the molecule is CC[C@](C)(O[Si](CC)(CC)CC)c1cscn1. The molecule has 0 fully saturated rings. The van der Waals surface area contributed by atoms with Crippen LogP contribution in [-0.2, 0) is 10.0 Å². The molecule has 1 aromatic rings. The van der Waals surface area contributed by atoms with Gasteiger partial charge in [-0.15, -0.1) is 11.3 Å². The third-order valence-corrected chi connectivity index (χ3v) is 9.36. The van der Waals surface area contributed by atoms with Crippen LogP contribution in [0.5, 0.6) is 0 Å². The van der Waals surface area contributed by atoms with Crippen LogP contribution in [0.1, 0.15) is 46.7 Å². The molecule has 0 aliphatic carbocycles. The standard InChI is InChI=1S/C13H25NOSSi/c1-6-13(5,12-10-16-11-14-12)15-17(7-2,8-3)9-4/h10-11H,6-9H2,1-5H3/t13-/m0/s1. The monoisotopic (exact) mass is 271 g/mol. The van der Waals surface area contributed by atoms with Crippen molar-refractivity contribution >= 4 is 19.7 Å². The van der Waals surface area contributed by atoms with E-state index >= 15 is 0 Å². The first kappa shape index (κ1) is 14.9. The molecule has 0 saturated carbocycles. The molecule has 0 aromatic carbocycles. The average Bonchev–Trinajstić information content (AvgIpc) is 2.90. The van der Waals surface area contributed by atoms with Gasteiger partial charge in [-0.3, -0.25) is 0 Å². The number of thiazole rings is 1. The summed E-state index contributed by atoms with van der Waals surface area (Å²) >= 11 is 1.65. The van der Waals surface area contributed by atoms with E-state index < -0.39 is 8.32 Å². The summed E-state index contributed by atoms with van der Waals surface area (Å²) in [4.78, 5) is 4.46. The summed E-state index contributed by atoms with van der Waals surface area (Å²) in [6.07, 6.45) is 0.992. The summed E-state index contributed by atoms with van der Waals surface area (Å²) < 4.78 is 6.65. The predicted octanol–water partition coefficient (Wildman–Crippen LogP) is 4.79. The number of aromatic nitrogens is 1. The van der Waals surface area contributed by atoms with E-state index in [9.17, 15) is 0 Å². The number of hydrogen-bond acceptors (Lipinski definition) is 3. The second-order valence-electron chi connectivity index (χ2n) is 4.80. The van der Waals surface area contributed by atoms with Crippen molar-refractivity contribution in [2.24, 2.45) is 0 Å². The molecular weight excluding hydrogens is 246 g/mol. The van der Waals surface area contributed by atoms with Crippen molar-refractivity contribution in [2.45, 2.75) is 64.8 Å². The molecule has 0 amide bonds. The number of hydrogen-bond donors (Lipinski definition) is 0. The van der Waals surface area contributed by atoms with E-state index in [1.165, 1.54) is 18.1 Å². The van der Waals surface area contributed by atoms with Crippen LogP contribution in [0.3, 0.4) is 0 Å². The fraction of sp³-hybridized carbons (Fsp3) is 0.769. The fourth-order valence-electron chi connectivity index (χ4n) is 2.22. The molecule has 0 N–H and O–H groups in total. The summed E-state index contributed by atoms with van der Waals surface area (Å²) in [5.74, 6) is 0. The molecule has 17 heavy (non-hydrogen) atoms. The maximum absolute atomic E-state index is 6.65. The van der Waals surface area contributed by atoms with Crippen molar-refractivity contribution in [1.82, 2.24) is 4.98 Å². The Bertz CT molecular complexity index is 316. The maximum Gasteiger partial charge on any atom is 0.193 e. The van der Waals surface area contributed by atoms with Crippen LogP contribution in [0.2, 0.25) is 18.1 Å². The first-order valence-corrected chi connectivity index (χ1v) is 10.1. The van der Waals surface area contributed by atoms with E-state index in [4.69, 9.17) is 4.43 Å². The van der Waals surface area contributed by atoms with Gasteiger partial charge in [-0.05, 0) is 31.5 Å². The van der Waals surface area contributed by atoms with E-state index in [0.29, 0.717) is 0 Å². The number of nitrogens with zero attached hydrogens (tertiary/aromatic N) is 1. The average molecular weight is 272 g/mol. The second-order valence-corrected chi connectivity index (χ2v) is 10.2. The van der Waals surface area contributed by atoms with Crippen LogP contribution in [0.4, 0.5) is 0 Å². The smallest absolute Gasteiger partial charge is 0.193 e. The lowest BCUT2D eigenvalue weighted by Gasteiger charge is -2.39. The van der Waals surface area contributed by atoms with Gasteiger partial charge in [0.05, 0.1) is 16.8 Å². The lowest BCUT2D eigenvalue weighted by molar-refractivity contribution is 0.0649. The molecule has 2 nitrogen and oxygen atoms in total. The summed E-state index contributed by atoms with van der Waals surface area (Å²) in [5, 5.41) is 2.13. The van der Waals surface area contributed by atoms with Gasteiger partial charge in [-0.25, -0.2) is 4.98 Å². The Kier molecular flexibility index (Phi) is 5.35. The molecule has 0 radical (unpaired) electrons. The molecule has 0 bridgehead atoms. The quantitative estimate of drug-likeness (QED) is 0.665. The summed E-state index contributed by atoms with van der Waals surface area (Å²) in [5.41, 5.74) is 2.82. The van der Waals surface area contributed by atoms with Crippen molar-refractivity contribution in [2.75, 3.05) is 0 Å². The minimum atomic E-state index is -1.57. The minimum Gasteiger partial charge on any atom is -0.406 e. The largest absolute Gasteiger partial charge is 0.406 e. The molecule has 1 heterocycles. The van der Waals surface area contributed by atoms with E-state index in [-0.39, 0.29) is 5.60 Å². The summed E-state index contributed by atoms with van der Waals surface area (Å²) in [6, 6.07) is 3.58. The van der Waals surface area contributed by atoms with Crippen LogP contribution < -0.4 is 0 Å². The topological polar surface area (TPSA) is 22.1 Å². The van der Waals surface area contributed by atoms with Gasteiger partial charge in [0.1, 0.15) is 0 Å². The Labute approximate surface area is 111 Å². The lowest BCUT2D eigenvalue weighted by atomic mass is 10.0. The van der Waals surface area contributed by atoms with Crippen LogP contribution >= 0.6 is 11.3 Å². The zero-order valence-electron chi connectivity index (χ0n) is 11.7. The molecule has 0 aliphatic rings. The van der Waals surface area contributed by atoms with Gasteiger partial charge in [0.2, 0.25) is 0 Å². The molecule has 1 aromatic heterocycles. The molecule has 0 unspecified atom stereocenters. The van der Waals surface area contributed by atoms with Gasteiger partial charge < -0.3 is 4.43 Å². The Morgan fingerprint density at radius 3 is 2.18 bits per heavy atom. The van der Waals surface area contributed by atoms with Crippen molar-refractivity contribution in [1.29, 1.82) is 0 Å². The molecular formula is C13H25NOSSi. The first-order chi connectivity index (χ1) is 8.05. The molecule has 0 aliphatic heterocycles. The highest BCUT2D eigenvalue weighted by Gasteiger charge is 2.39. The van der Waals surface area contributed by atoms with Gasteiger partial charge in [0.15, 0.2) is 8.32 Å². The zero-order chi connectivity index (χ0) is 12.9. The fourth-order valence-corrected chi connectivity index (χ4v) is 6.04. The predicted molar refractivity (Wildman–Crippen MR) is 78.0 cm³/mol. The maximum atomic E-state index is 6.65. The highest BCUT2D eigenvalue weighted by atomic mass is 32.1. The zero-order valence-corrected chi connectivity index (χ0v) is 13.6. The van der Waals surface area contributed by atoms with E-state index in [1.54, 1.807) is 11.3 Å². The first-order valence-electron chi connectivity index (χ1n) is 6.64. The number of rotatable bonds is 7. The van der Waals surface area contributed by atoms with Crippen molar-refractivity contribution in [3.05, 3.63) is 16.6 Å². The van der Waals surface area contributed by atoms with Crippen molar-refractivity contribution < 1.29 is 4.43 Å². The minimum absolute atomic E-state index is 0.186. The highest BCUT2D eigenvalue weighted by molar-refractivity contribution is 7.07. The lowest BCUT2D eigenvalue weighted by Crippen LogP contribution is -2.44. The molecule has 0 spiro atoms. The molecule has 1 atom stereocenters. The Morgan fingerprint density at radius 1 is 1.24 bits per heavy atom. The van der Waals surface area contributed by atoms with E-state index in [0.717, 1.165) is 12.1 Å². The second kappa shape index (κ2) is 6.11. The molecule has 98 valence electrons.